The van der Waals surface area contributed by atoms with Gasteiger partial charge in [0.25, 0.3) is 0 Å². The van der Waals surface area contributed by atoms with Crippen molar-refractivity contribution in [2.75, 3.05) is 39.3 Å². The van der Waals surface area contributed by atoms with Gasteiger partial charge in [-0.05, 0) is 18.2 Å². The van der Waals surface area contributed by atoms with Crippen LogP contribution in [0.5, 0.6) is 5.75 Å². The topological polar surface area (TPSA) is 39.5 Å². The maximum absolute atomic E-state index is 13.2. The van der Waals surface area contributed by atoms with Crippen LogP contribution in [-0.4, -0.2) is 55.2 Å². The Morgan fingerprint density at radius 3 is 2.75 bits per heavy atom. The minimum Gasteiger partial charge on any atom is -0.488 e. The van der Waals surface area contributed by atoms with Crippen molar-refractivity contribution in [2.45, 2.75) is 12.5 Å². The average Bonchev–Trinajstić information content (AvgIpc) is 2.82. The molecule has 106 valence electrons. The van der Waals surface area contributed by atoms with Crippen molar-refractivity contribution in [1.82, 2.24) is 9.80 Å². The Labute approximate surface area is 118 Å². The molecular weight excluding hydrogens is 257 g/mol. The fourth-order valence-electron chi connectivity index (χ4n) is 2.91. The summed E-state index contributed by atoms with van der Waals surface area (Å²) in [4.78, 5) is 4.52. The molecule has 1 atom stereocenters. The number of piperazine rings is 1. The van der Waals surface area contributed by atoms with Crippen molar-refractivity contribution in [2.24, 2.45) is 0 Å². The molecule has 0 aromatic heterocycles. The predicted molar refractivity (Wildman–Crippen MR) is 73.0 cm³/mol. The van der Waals surface area contributed by atoms with E-state index in [1.54, 1.807) is 12.1 Å². The highest BCUT2D eigenvalue weighted by Crippen LogP contribution is 2.29. The molecule has 1 aromatic rings. The molecule has 0 spiro atoms. The zero-order chi connectivity index (χ0) is 13.9. The average molecular weight is 275 g/mol. The van der Waals surface area contributed by atoms with Gasteiger partial charge in [-0.1, -0.05) is 0 Å². The predicted octanol–water partition coefficient (Wildman–Crippen LogP) is 1.27. The smallest absolute Gasteiger partial charge is 0.123 e. The van der Waals surface area contributed by atoms with Crippen LogP contribution in [0.1, 0.15) is 5.56 Å². The van der Waals surface area contributed by atoms with Gasteiger partial charge in [0.1, 0.15) is 17.7 Å². The van der Waals surface area contributed by atoms with E-state index >= 15 is 0 Å². The van der Waals surface area contributed by atoms with Crippen LogP contribution in [0, 0.1) is 17.1 Å². The number of nitriles is 1. The van der Waals surface area contributed by atoms with E-state index in [1.165, 1.54) is 6.07 Å². The van der Waals surface area contributed by atoms with Crippen LogP contribution in [0.3, 0.4) is 0 Å². The van der Waals surface area contributed by atoms with E-state index in [-0.39, 0.29) is 11.9 Å². The van der Waals surface area contributed by atoms with Crippen molar-refractivity contribution in [3.8, 4) is 11.8 Å². The second-order valence-electron chi connectivity index (χ2n) is 5.43. The van der Waals surface area contributed by atoms with Gasteiger partial charge < -0.3 is 4.74 Å². The Kier molecular flexibility index (Phi) is 3.86. The van der Waals surface area contributed by atoms with Crippen LogP contribution >= 0.6 is 0 Å². The maximum Gasteiger partial charge on any atom is 0.123 e. The van der Waals surface area contributed by atoms with E-state index in [1.807, 2.05) is 0 Å². The molecule has 3 rings (SSSR count). The Bertz CT molecular complexity index is 520. The first-order valence-electron chi connectivity index (χ1n) is 7.01. The van der Waals surface area contributed by atoms with Crippen LogP contribution < -0.4 is 4.74 Å². The third kappa shape index (κ3) is 2.92. The summed E-state index contributed by atoms with van der Waals surface area (Å²) in [6.45, 7) is 5.18. The summed E-state index contributed by atoms with van der Waals surface area (Å²) in [6.07, 6.45) is 0.903. The molecule has 20 heavy (non-hydrogen) atoms. The minimum absolute atomic E-state index is 0.120. The van der Waals surface area contributed by atoms with Gasteiger partial charge in [0.05, 0.1) is 12.6 Å². The van der Waals surface area contributed by atoms with Crippen LogP contribution in [-0.2, 0) is 6.42 Å². The molecule has 0 aliphatic carbocycles. The Balaban J connectivity index is 1.51. The van der Waals surface area contributed by atoms with Gasteiger partial charge in [0.2, 0.25) is 0 Å². The number of rotatable bonds is 3. The van der Waals surface area contributed by atoms with Crippen molar-refractivity contribution < 1.29 is 9.13 Å². The van der Waals surface area contributed by atoms with Gasteiger partial charge in [0.15, 0.2) is 0 Å². The van der Waals surface area contributed by atoms with E-state index in [4.69, 9.17) is 10.00 Å². The highest BCUT2D eigenvalue weighted by Gasteiger charge is 2.26. The molecule has 2 aliphatic heterocycles. The molecule has 2 aliphatic rings. The molecule has 0 saturated carbocycles. The van der Waals surface area contributed by atoms with Crippen LogP contribution in [0.25, 0.3) is 0 Å². The Morgan fingerprint density at radius 2 is 2.00 bits per heavy atom. The lowest BCUT2D eigenvalue weighted by atomic mass is 10.1. The normalized spacial score (nSPS) is 23.1. The van der Waals surface area contributed by atoms with Gasteiger partial charge in [-0.3, -0.25) is 9.80 Å². The summed E-state index contributed by atoms with van der Waals surface area (Å²) >= 11 is 0. The molecular formula is C15H18FN3O. The molecule has 1 saturated heterocycles. The first kappa shape index (κ1) is 13.3. The Morgan fingerprint density at radius 1 is 1.25 bits per heavy atom. The van der Waals surface area contributed by atoms with E-state index < -0.39 is 0 Å². The molecule has 5 heteroatoms. The summed E-state index contributed by atoms with van der Waals surface area (Å²) in [5.74, 6) is 0.623. The third-order valence-corrected chi connectivity index (χ3v) is 3.98. The first-order chi connectivity index (χ1) is 9.74. The molecule has 0 N–H and O–H groups in total. The zero-order valence-electron chi connectivity index (χ0n) is 11.4. The van der Waals surface area contributed by atoms with Crippen molar-refractivity contribution in [3.05, 3.63) is 29.6 Å². The standard InChI is InChI=1S/C15H18FN3O/c16-13-1-2-15-12(9-13)10-14(20-15)11-19-7-5-18(4-3-17)6-8-19/h1-2,9,14H,4-8,10-11H2. The number of halogens is 1. The second kappa shape index (κ2) is 5.78. The van der Waals surface area contributed by atoms with Crippen LogP contribution in [0.4, 0.5) is 4.39 Å². The van der Waals surface area contributed by atoms with Gasteiger partial charge in [0, 0.05) is 44.7 Å². The monoisotopic (exact) mass is 275 g/mol. The molecule has 2 heterocycles. The van der Waals surface area contributed by atoms with E-state index in [9.17, 15) is 4.39 Å². The van der Waals surface area contributed by atoms with Crippen LogP contribution in [0.2, 0.25) is 0 Å². The van der Waals surface area contributed by atoms with Crippen LogP contribution in [0.15, 0.2) is 18.2 Å². The fraction of sp³-hybridized carbons (Fsp3) is 0.533. The summed E-state index contributed by atoms with van der Waals surface area (Å²) < 4.78 is 19.0. The minimum atomic E-state index is -0.196. The SMILES string of the molecule is N#CCN1CCN(CC2Cc3cc(F)ccc3O2)CC1. The molecule has 4 nitrogen and oxygen atoms in total. The first-order valence-corrected chi connectivity index (χ1v) is 7.01. The molecule has 1 unspecified atom stereocenters. The number of hydrogen-bond acceptors (Lipinski definition) is 4. The number of hydrogen-bond donors (Lipinski definition) is 0. The molecule has 0 bridgehead atoms. The van der Waals surface area contributed by atoms with Gasteiger partial charge in [-0.15, -0.1) is 0 Å². The molecule has 1 aromatic carbocycles. The zero-order valence-corrected chi connectivity index (χ0v) is 11.4. The lowest BCUT2D eigenvalue weighted by molar-refractivity contribution is 0.0983. The maximum atomic E-state index is 13.2. The van der Waals surface area contributed by atoms with Crippen molar-refractivity contribution >= 4 is 0 Å². The Hall–Kier alpha value is -1.64. The second-order valence-corrected chi connectivity index (χ2v) is 5.43. The van der Waals surface area contributed by atoms with E-state index in [2.05, 4.69) is 15.9 Å². The lowest BCUT2D eigenvalue weighted by Crippen LogP contribution is -2.49. The van der Waals surface area contributed by atoms with E-state index in [0.29, 0.717) is 6.54 Å². The molecule has 0 radical (unpaired) electrons. The van der Waals surface area contributed by atoms with Gasteiger partial charge >= 0.3 is 0 Å². The van der Waals surface area contributed by atoms with E-state index in [0.717, 1.165) is 50.5 Å². The lowest BCUT2D eigenvalue weighted by Gasteiger charge is -2.34. The number of fused-ring (bicyclic) bond motifs is 1. The van der Waals surface area contributed by atoms with Crippen molar-refractivity contribution in [1.29, 1.82) is 5.26 Å². The fourth-order valence-corrected chi connectivity index (χ4v) is 2.91. The highest BCUT2D eigenvalue weighted by atomic mass is 19.1. The van der Waals surface area contributed by atoms with Gasteiger partial charge in [-0.2, -0.15) is 5.26 Å². The third-order valence-electron chi connectivity index (χ3n) is 3.98. The number of nitrogens with zero attached hydrogens (tertiary/aromatic N) is 3. The highest BCUT2D eigenvalue weighted by molar-refractivity contribution is 5.37. The summed E-state index contributed by atoms with van der Waals surface area (Å²) in [5.41, 5.74) is 0.970. The summed E-state index contributed by atoms with van der Waals surface area (Å²) in [6, 6.07) is 6.92. The number of benzene rings is 1. The van der Waals surface area contributed by atoms with Gasteiger partial charge in [-0.25, -0.2) is 4.39 Å². The molecule has 0 amide bonds. The largest absolute Gasteiger partial charge is 0.488 e. The summed E-state index contributed by atoms with van der Waals surface area (Å²) in [5, 5.41) is 8.68. The quantitative estimate of drug-likeness (QED) is 0.779. The van der Waals surface area contributed by atoms with Crippen molar-refractivity contribution in [3.63, 3.8) is 0 Å². The molecule has 1 fully saturated rings. The summed E-state index contributed by atoms with van der Waals surface area (Å²) in [7, 11) is 0. The number of ether oxygens (including phenoxy) is 1.